The summed E-state index contributed by atoms with van der Waals surface area (Å²) in [5, 5.41) is 9.69. The van der Waals surface area contributed by atoms with Crippen LogP contribution in [0.2, 0.25) is 5.02 Å². The predicted octanol–water partition coefficient (Wildman–Crippen LogP) is 3.58. The minimum atomic E-state index is -1.33. The molecule has 204 valence electrons. The Bertz CT molecular complexity index is 1160. The Kier molecular flexibility index (Phi) is 7.42. The van der Waals surface area contributed by atoms with E-state index in [-0.39, 0.29) is 31.6 Å². The Morgan fingerprint density at radius 3 is 2.63 bits per heavy atom. The molecule has 1 aromatic carbocycles. The van der Waals surface area contributed by atoms with Gasteiger partial charge in [-0.2, -0.15) is 0 Å². The second kappa shape index (κ2) is 10.5. The van der Waals surface area contributed by atoms with E-state index in [1.807, 2.05) is 50.3 Å². The van der Waals surface area contributed by atoms with E-state index in [1.54, 1.807) is 15.9 Å². The maximum absolute atomic E-state index is 14.5. The summed E-state index contributed by atoms with van der Waals surface area (Å²) in [5.74, 6) is -2.79. The van der Waals surface area contributed by atoms with Crippen LogP contribution in [0.25, 0.3) is 0 Å². The zero-order valence-electron chi connectivity index (χ0n) is 21.9. The van der Waals surface area contributed by atoms with Crippen molar-refractivity contribution in [1.82, 2.24) is 4.90 Å². The van der Waals surface area contributed by atoms with Gasteiger partial charge in [0, 0.05) is 19.7 Å². The summed E-state index contributed by atoms with van der Waals surface area (Å²) in [5.41, 5.74) is -0.940. The van der Waals surface area contributed by atoms with E-state index in [1.165, 1.54) is 0 Å². The third-order valence-corrected chi connectivity index (χ3v) is 8.72. The molecular formula is C29H35ClN2O6. The third-order valence-electron chi connectivity index (χ3n) is 8.42. The Balaban J connectivity index is 1.64. The van der Waals surface area contributed by atoms with Gasteiger partial charge in [-0.1, -0.05) is 55.0 Å². The van der Waals surface area contributed by atoms with Gasteiger partial charge >= 0.3 is 5.97 Å². The second-order valence-electron chi connectivity index (χ2n) is 10.6. The number of carbonyl (C=O) groups is 3. The largest absolute Gasteiger partial charge is 0.465 e. The molecule has 0 radical (unpaired) electrons. The van der Waals surface area contributed by atoms with Crippen LogP contribution >= 0.6 is 11.6 Å². The van der Waals surface area contributed by atoms with Crippen LogP contribution in [0.3, 0.4) is 0 Å². The van der Waals surface area contributed by atoms with Gasteiger partial charge < -0.3 is 24.4 Å². The fourth-order valence-corrected chi connectivity index (χ4v) is 7.03. The molecule has 0 aliphatic carbocycles. The number of likely N-dealkylation sites (tertiary alicyclic amines) is 1. The molecule has 2 fully saturated rings. The Morgan fingerprint density at radius 2 is 1.89 bits per heavy atom. The van der Waals surface area contributed by atoms with Crippen molar-refractivity contribution in [3.05, 3.63) is 53.1 Å². The molecule has 0 aromatic heterocycles. The summed E-state index contributed by atoms with van der Waals surface area (Å²) in [6, 6.07) is 4.51. The molecule has 4 heterocycles. The van der Waals surface area contributed by atoms with Gasteiger partial charge in [0.25, 0.3) is 5.91 Å². The number of aryl methyl sites for hydroxylation is 1. The van der Waals surface area contributed by atoms with Gasteiger partial charge in [-0.3, -0.25) is 14.4 Å². The van der Waals surface area contributed by atoms with Gasteiger partial charge in [-0.15, -0.1) is 0 Å². The summed E-state index contributed by atoms with van der Waals surface area (Å²) in [6.07, 6.45) is 10.5. The summed E-state index contributed by atoms with van der Waals surface area (Å²) in [7, 11) is 0. The molecule has 1 N–H and O–H groups in total. The number of nitrogens with zero attached hydrogens (tertiary/aromatic N) is 2. The van der Waals surface area contributed by atoms with Gasteiger partial charge in [-0.25, -0.2) is 0 Å². The second-order valence-corrected chi connectivity index (χ2v) is 11.0. The molecule has 5 atom stereocenters. The van der Waals surface area contributed by atoms with Crippen molar-refractivity contribution >= 4 is 35.1 Å². The minimum absolute atomic E-state index is 0.0630. The van der Waals surface area contributed by atoms with Crippen LogP contribution in [0, 0.1) is 18.8 Å². The first-order valence-electron chi connectivity index (χ1n) is 13.5. The van der Waals surface area contributed by atoms with Crippen LogP contribution in [0.15, 0.2) is 42.5 Å². The van der Waals surface area contributed by atoms with Crippen molar-refractivity contribution in [3.8, 4) is 0 Å². The van der Waals surface area contributed by atoms with Crippen molar-refractivity contribution < 1.29 is 29.0 Å². The van der Waals surface area contributed by atoms with Gasteiger partial charge in [0.2, 0.25) is 5.91 Å². The molecule has 38 heavy (non-hydrogen) atoms. The quantitative estimate of drug-likeness (QED) is 0.321. The van der Waals surface area contributed by atoms with Crippen molar-refractivity contribution in [2.75, 3.05) is 31.2 Å². The lowest BCUT2D eigenvalue weighted by atomic mass is 9.73. The first-order valence-corrected chi connectivity index (χ1v) is 13.9. The number of fused-ring (bicyclic) bond motifs is 2. The fourth-order valence-electron chi connectivity index (χ4n) is 6.70. The smallest absolute Gasteiger partial charge is 0.313 e. The van der Waals surface area contributed by atoms with Crippen LogP contribution in [-0.4, -0.2) is 71.3 Å². The van der Waals surface area contributed by atoms with Crippen LogP contribution in [0.5, 0.6) is 0 Å². The predicted molar refractivity (Wildman–Crippen MR) is 143 cm³/mol. The van der Waals surface area contributed by atoms with E-state index < -0.39 is 35.0 Å². The lowest BCUT2D eigenvalue weighted by molar-refractivity contribution is -0.160. The number of unbranched alkanes of at least 4 members (excludes halogenated alkanes) is 2. The molecule has 8 nitrogen and oxygen atoms in total. The van der Waals surface area contributed by atoms with E-state index in [0.717, 1.165) is 5.56 Å². The standard InChI is InChI=1S/C29H35ClN2O6/c1-3-28-13-5-8-18-37-27(36)22(28)21-25(34)32(15-6-4-7-17-33)24-26(35)31(16-10-14-29(21,24)38-28)23-19(2)11-9-12-20(23)30/h5,9-14,21-22,24,33H,3-4,6-8,15-18H2,1-2H3/t21-,22+,24?,28-,29-/m0/s1. The van der Waals surface area contributed by atoms with Crippen molar-refractivity contribution in [3.63, 3.8) is 0 Å². The molecule has 4 aliphatic rings. The first-order chi connectivity index (χ1) is 18.3. The highest BCUT2D eigenvalue weighted by Crippen LogP contribution is 2.58. The molecule has 2 saturated heterocycles. The van der Waals surface area contributed by atoms with E-state index in [4.69, 9.17) is 21.1 Å². The normalized spacial score (nSPS) is 32.4. The van der Waals surface area contributed by atoms with Gasteiger partial charge in [0.05, 0.1) is 23.2 Å². The number of rotatable bonds is 7. The highest BCUT2D eigenvalue weighted by atomic mass is 35.5. The monoisotopic (exact) mass is 542 g/mol. The molecule has 5 rings (SSSR count). The van der Waals surface area contributed by atoms with Gasteiger partial charge in [0.1, 0.15) is 23.2 Å². The molecule has 0 saturated carbocycles. The summed E-state index contributed by atoms with van der Waals surface area (Å²) >= 11 is 6.59. The lowest BCUT2D eigenvalue weighted by Crippen LogP contribution is -2.56. The zero-order valence-corrected chi connectivity index (χ0v) is 22.7. The minimum Gasteiger partial charge on any atom is -0.465 e. The number of esters is 1. The molecule has 1 aromatic rings. The van der Waals surface area contributed by atoms with Crippen molar-refractivity contribution in [2.24, 2.45) is 11.8 Å². The van der Waals surface area contributed by atoms with Crippen molar-refractivity contribution in [2.45, 2.75) is 63.2 Å². The number of aliphatic hydroxyl groups excluding tert-OH is 1. The van der Waals surface area contributed by atoms with E-state index in [0.29, 0.717) is 49.4 Å². The Labute approximate surface area is 228 Å². The average molecular weight is 543 g/mol. The van der Waals surface area contributed by atoms with Crippen LogP contribution < -0.4 is 4.90 Å². The summed E-state index contributed by atoms with van der Waals surface area (Å²) in [4.78, 5) is 45.4. The molecule has 2 amide bonds. The number of aliphatic hydroxyl groups is 1. The summed E-state index contributed by atoms with van der Waals surface area (Å²) in [6.45, 7) is 4.70. The van der Waals surface area contributed by atoms with E-state index in [9.17, 15) is 19.5 Å². The van der Waals surface area contributed by atoms with Gasteiger partial charge in [0.15, 0.2) is 0 Å². The molecule has 0 bridgehead atoms. The highest BCUT2D eigenvalue weighted by molar-refractivity contribution is 6.34. The van der Waals surface area contributed by atoms with Gasteiger partial charge in [-0.05, 0) is 50.7 Å². The number of cyclic esters (lactones) is 1. The zero-order chi connectivity index (χ0) is 27.1. The lowest BCUT2D eigenvalue weighted by Gasteiger charge is -2.39. The fraction of sp³-hybridized carbons (Fsp3) is 0.552. The number of ether oxygens (including phenoxy) is 2. The highest BCUT2D eigenvalue weighted by Gasteiger charge is 2.75. The average Bonchev–Trinajstić information content (AvgIpc) is 3.23. The number of hydrogen-bond acceptors (Lipinski definition) is 6. The number of carbonyl (C=O) groups excluding carboxylic acids is 3. The van der Waals surface area contributed by atoms with Crippen LogP contribution in [0.1, 0.15) is 44.6 Å². The Hall–Kier alpha value is -2.68. The number of hydrogen-bond donors (Lipinski definition) is 1. The number of amides is 2. The SMILES string of the molecule is CC[C@]12C=CCCOC(=O)[C@H]1[C@H]1C(=O)N(CCCCCO)C3C(=O)N(c4c(C)cccc4Cl)CC=C[C@@]31O2. The molecular weight excluding hydrogens is 508 g/mol. The number of anilines is 1. The molecule has 9 heteroatoms. The van der Waals surface area contributed by atoms with E-state index >= 15 is 0 Å². The number of halogens is 1. The maximum atomic E-state index is 14.5. The molecule has 1 spiro atoms. The van der Waals surface area contributed by atoms with Crippen LogP contribution in [-0.2, 0) is 23.9 Å². The molecule has 4 aliphatic heterocycles. The van der Waals surface area contributed by atoms with Crippen LogP contribution in [0.4, 0.5) is 5.69 Å². The first kappa shape index (κ1) is 26.9. The number of para-hydroxylation sites is 1. The van der Waals surface area contributed by atoms with E-state index in [2.05, 4.69) is 0 Å². The topological polar surface area (TPSA) is 96.4 Å². The Morgan fingerprint density at radius 1 is 1.08 bits per heavy atom. The van der Waals surface area contributed by atoms with Crippen molar-refractivity contribution in [1.29, 1.82) is 0 Å². The molecule has 1 unspecified atom stereocenters. The summed E-state index contributed by atoms with van der Waals surface area (Å²) < 4.78 is 12.5. The third kappa shape index (κ3) is 4.08. The maximum Gasteiger partial charge on any atom is 0.313 e. The number of benzene rings is 1.